The number of hydrogen-bond donors (Lipinski definition) is 0. The Labute approximate surface area is 93.3 Å². The third-order valence-electron chi connectivity index (χ3n) is 1.97. The second kappa shape index (κ2) is 4.98. The summed E-state index contributed by atoms with van der Waals surface area (Å²) in [5.74, 6) is 0. The number of benzene rings is 1. The maximum Gasteiger partial charge on any atom is 0.249 e. The molecule has 0 saturated heterocycles. The molecule has 0 bridgehead atoms. The average Bonchev–Trinajstić information content (AvgIpc) is 2.15. The number of aryl methyl sites for hydroxylation is 2. The molecule has 0 aliphatic heterocycles. The fourth-order valence-corrected chi connectivity index (χ4v) is 1.90. The van der Waals surface area contributed by atoms with Gasteiger partial charge in [0.1, 0.15) is 0 Å². The molecular weight excluding hydrogens is 210 g/mol. The van der Waals surface area contributed by atoms with Gasteiger partial charge in [0.2, 0.25) is 5.70 Å². The number of nitro groups is 1. The quantitative estimate of drug-likeness (QED) is 0.447. The average molecular weight is 223 g/mol. The summed E-state index contributed by atoms with van der Waals surface area (Å²) < 4.78 is 0. The predicted molar refractivity (Wildman–Crippen MR) is 62.5 cm³/mol. The number of allylic oxidation sites excluding steroid dienone is 1. The molecule has 0 aromatic heterocycles. The Morgan fingerprint density at radius 1 is 1.47 bits per heavy atom. The highest BCUT2D eigenvalue weighted by atomic mass is 32.2. The van der Waals surface area contributed by atoms with Crippen LogP contribution in [0.25, 0.3) is 0 Å². The van der Waals surface area contributed by atoms with E-state index >= 15 is 0 Å². The molecule has 0 radical (unpaired) electrons. The SMILES string of the molecule is CC(=CSc1ccc(C)cc1C)[N+](=O)[O-]. The van der Waals surface area contributed by atoms with Gasteiger partial charge in [-0.05, 0) is 25.5 Å². The Morgan fingerprint density at radius 2 is 2.13 bits per heavy atom. The van der Waals surface area contributed by atoms with Crippen molar-refractivity contribution in [1.29, 1.82) is 0 Å². The van der Waals surface area contributed by atoms with Crippen molar-refractivity contribution < 1.29 is 4.92 Å². The molecule has 3 nitrogen and oxygen atoms in total. The smallest absolute Gasteiger partial charge is 0.249 e. The lowest BCUT2D eigenvalue weighted by Crippen LogP contribution is -1.92. The van der Waals surface area contributed by atoms with Gasteiger partial charge in [-0.3, -0.25) is 10.1 Å². The first-order valence-corrected chi connectivity index (χ1v) is 5.43. The zero-order valence-corrected chi connectivity index (χ0v) is 9.80. The first kappa shape index (κ1) is 11.8. The van der Waals surface area contributed by atoms with E-state index < -0.39 is 0 Å². The van der Waals surface area contributed by atoms with Crippen LogP contribution in [0.15, 0.2) is 34.2 Å². The summed E-state index contributed by atoms with van der Waals surface area (Å²) in [6.45, 7) is 5.53. The van der Waals surface area contributed by atoms with Crippen molar-refractivity contribution in [3.8, 4) is 0 Å². The van der Waals surface area contributed by atoms with Crippen molar-refractivity contribution in [2.45, 2.75) is 25.7 Å². The molecule has 4 heteroatoms. The summed E-state index contributed by atoms with van der Waals surface area (Å²) in [6.07, 6.45) is 0. The maximum absolute atomic E-state index is 10.4. The molecule has 0 N–H and O–H groups in total. The van der Waals surface area contributed by atoms with E-state index in [0.717, 1.165) is 10.5 Å². The molecule has 0 spiro atoms. The van der Waals surface area contributed by atoms with Gasteiger partial charge in [-0.25, -0.2) is 0 Å². The number of hydrogen-bond acceptors (Lipinski definition) is 3. The maximum atomic E-state index is 10.4. The van der Waals surface area contributed by atoms with Crippen molar-refractivity contribution >= 4 is 11.8 Å². The Bertz CT molecular complexity index is 413. The summed E-state index contributed by atoms with van der Waals surface area (Å²) >= 11 is 1.39. The standard InChI is InChI=1S/C11H13NO2S/c1-8-4-5-11(9(2)6-8)15-7-10(3)12(13)14/h4-7H,1-3H3. The Morgan fingerprint density at radius 3 is 2.67 bits per heavy atom. The Balaban J connectivity index is 2.82. The molecule has 15 heavy (non-hydrogen) atoms. The zero-order chi connectivity index (χ0) is 11.4. The normalized spacial score (nSPS) is 11.5. The fourth-order valence-electron chi connectivity index (χ4n) is 1.12. The van der Waals surface area contributed by atoms with Crippen LogP contribution in [0.2, 0.25) is 0 Å². The van der Waals surface area contributed by atoms with Crippen LogP contribution in [0.3, 0.4) is 0 Å². The molecule has 0 fully saturated rings. The molecule has 0 unspecified atom stereocenters. The molecular formula is C11H13NO2S. The molecule has 0 aliphatic rings. The van der Waals surface area contributed by atoms with Gasteiger partial charge in [0.15, 0.2) is 0 Å². The van der Waals surface area contributed by atoms with Gasteiger partial charge >= 0.3 is 0 Å². The molecule has 0 saturated carbocycles. The van der Waals surface area contributed by atoms with Crippen molar-refractivity contribution in [1.82, 2.24) is 0 Å². The topological polar surface area (TPSA) is 43.1 Å². The van der Waals surface area contributed by atoms with E-state index in [-0.39, 0.29) is 10.6 Å². The van der Waals surface area contributed by atoms with Crippen molar-refractivity contribution in [2.75, 3.05) is 0 Å². The Kier molecular flexibility index (Phi) is 3.91. The van der Waals surface area contributed by atoms with E-state index in [2.05, 4.69) is 6.07 Å². The molecule has 1 aromatic rings. The molecule has 0 amide bonds. The van der Waals surface area contributed by atoms with E-state index in [1.807, 2.05) is 26.0 Å². The molecule has 0 aliphatic carbocycles. The lowest BCUT2D eigenvalue weighted by molar-refractivity contribution is -0.424. The highest BCUT2D eigenvalue weighted by Gasteiger charge is 2.03. The van der Waals surface area contributed by atoms with E-state index in [9.17, 15) is 10.1 Å². The lowest BCUT2D eigenvalue weighted by Gasteiger charge is -2.02. The van der Waals surface area contributed by atoms with Crippen LogP contribution >= 0.6 is 11.8 Å². The second-order valence-electron chi connectivity index (χ2n) is 3.40. The van der Waals surface area contributed by atoms with E-state index in [1.165, 1.54) is 24.2 Å². The van der Waals surface area contributed by atoms with Crippen LogP contribution in [-0.4, -0.2) is 4.92 Å². The molecule has 1 rings (SSSR count). The lowest BCUT2D eigenvalue weighted by atomic mass is 10.2. The summed E-state index contributed by atoms with van der Waals surface area (Å²) in [5, 5.41) is 12.0. The van der Waals surface area contributed by atoms with E-state index in [1.54, 1.807) is 5.41 Å². The van der Waals surface area contributed by atoms with Gasteiger partial charge in [0, 0.05) is 17.2 Å². The van der Waals surface area contributed by atoms with Gasteiger partial charge in [0.05, 0.1) is 4.92 Å². The summed E-state index contributed by atoms with van der Waals surface area (Å²) in [5.41, 5.74) is 2.51. The molecule has 1 aromatic carbocycles. The monoisotopic (exact) mass is 223 g/mol. The van der Waals surface area contributed by atoms with Gasteiger partial charge in [-0.2, -0.15) is 0 Å². The predicted octanol–water partition coefficient (Wildman–Crippen LogP) is 3.53. The summed E-state index contributed by atoms with van der Waals surface area (Å²) in [4.78, 5) is 11.1. The highest BCUT2D eigenvalue weighted by Crippen LogP contribution is 2.25. The number of rotatable bonds is 3. The third-order valence-corrected chi connectivity index (χ3v) is 3.15. The minimum atomic E-state index is -0.378. The van der Waals surface area contributed by atoms with E-state index in [0.29, 0.717) is 0 Å². The summed E-state index contributed by atoms with van der Waals surface area (Å²) in [6, 6.07) is 6.06. The minimum Gasteiger partial charge on any atom is -0.259 e. The fraction of sp³-hybridized carbons (Fsp3) is 0.273. The zero-order valence-electron chi connectivity index (χ0n) is 8.98. The van der Waals surface area contributed by atoms with Crippen LogP contribution in [0.4, 0.5) is 0 Å². The van der Waals surface area contributed by atoms with Gasteiger partial charge < -0.3 is 0 Å². The summed E-state index contributed by atoms with van der Waals surface area (Å²) in [7, 11) is 0. The van der Waals surface area contributed by atoms with E-state index in [4.69, 9.17) is 0 Å². The Hall–Kier alpha value is -1.29. The van der Waals surface area contributed by atoms with Crippen LogP contribution in [0.5, 0.6) is 0 Å². The number of nitrogens with zero attached hydrogens (tertiary/aromatic N) is 1. The molecule has 0 heterocycles. The minimum absolute atomic E-state index is 0.167. The van der Waals surface area contributed by atoms with Crippen molar-refractivity contribution in [2.24, 2.45) is 0 Å². The van der Waals surface area contributed by atoms with Gasteiger partial charge in [-0.15, -0.1) is 0 Å². The third kappa shape index (κ3) is 3.40. The highest BCUT2D eigenvalue weighted by molar-refractivity contribution is 8.02. The first-order valence-electron chi connectivity index (χ1n) is 4.56. The van der Waals surface area contributed by atoms with Gasteiger partial charge in [0.25, 0.3) is 0 Å². The van der Waals surface area contributed by atoms with Crippen LogP contribution in [0.1, 0.15) is 18.1 Å². The second-order valence-corrected chi connectivity index (χ2v) is 4.31. The van der Waals surface area contributed by atoms with Crippen LogP contribution in [-0.2, 0) is 0 Å². The number of thioether (sulfide) groups is 1. The molecule has 80 valence electrons. The molecule has 0 atom stereocenters. The largest absolute Gasteiger partial charge is 0.259 e. The van der Waals surface area contributed by atoms with Crippen molar-refractivity contribution in [3.63, 3.8) is 0 Å². The van der Waals surface area contributed by atoms with Crippen LogP contribution < -0.4 is 0 Å². The van der Waals surface area contributed by atoms with Crippen molar-refractivity contribution in [3.05, 3.63) is 50.5 Å². The van der Waals surface area contributed by atoms with Crippen LogP contribution in [0, 0.1) is 24.0 Å². The van der Waals surface area contributed by atoms with Gasteiger partial charge in [-0.1, -0.05) is 29.5 Å². The first-order chi connectivity index (χ1) is 7.00.